The molecular weight excluding hydrogens is 336 g/mol. The highest BCUT2D eigenvalue weighted by Gasteiger charge is 2.38. The zero-order valence-electron chi connectivity index (χ0n) is 11.5. The molecule has 1 aromatic carbocycles. The number of carboxylic acids is 1. The van der Waals surface area contributed by atoms with Crippen LogP contribution in [0.4, 0.5) is 10.5 Å². The van der Waals surface area contributed by atoms with Crippen LogP contribution in [-0.2, 0) is 0 Å². The molecule has 2 aliphatic rings. The van der Waals surface area contributed by atoms with E-state index in [0.29, 0.717) is 22.0 Å². The number of anilines is 1. The number of nitrogens with one attached hydrogen (secondary N) is 1. The van der Waals surface area contributed by atoms with E-state index in [1.807, 2.05) is 0 Å². The van der Waals surface area contributed by atoms with E-state index in [-0.39, 0.29) is 11.6 Å². The molecule has 0 spiro atoms. The van der Waals surface area contributed by atoms with Gasteiger partial charge in [0.15, 0.2) is 0 Å². The summed E-state index contributed by atoms with van der Waals surface area (Å²) in [6.45, 7) is 1.56. The minimum atomic E-state index is -1.05. The molecule has 2 fully saturated rings. The molecule has 0 bridgehead atoms. The molecule has 2 amide bonds. The van der Waals surface area contributed by atoms with Crippen molar-refractivity contribution in [2.45, 2.75) is 19.3 Å². The second kappa shape index (κ2) is 5.67. The molecule has 2 atom stereocenters. The van der Waals surface area contributed by atoms with Crippen molar-refractivity contribution in [2.75, 3.05) is 18.4 Å². The smallest absolute Gasteiger partial charge is 0.337 e. The molecule has 1 saturated carbocycles. The van der Waals surface area contributed by atoms with Gasteiger partial charge in [-0.3, -0.25) is 0 Å². The van der Waals surface area contributed by atoms with Crippen molar-refractivity contribution >= 4 is 33.6 Å². The van der Waals surface area contributed by atoms with Gasteiger partial charge in [-0.2, -0.15) is 0 Å². The molecule has 0 radical (unpaired) electrons. The number of benzene rings is 1. The van der Waals surface area contributed by atoms with Gasteiger partial charge >= 0.3 is 12.0 Å². The van der Waals surface area contributed by atoms with Crippen molar-refractivity contribution in [1.82, 2.24) is 4.90 Å². The van der Waals surface area contributed by atoms with Crippen LogP contribution in [0.3, 0.4) is 0 Å². The van der Waals surface area contributed by atoms with Gasteiger partial charge in [-0.05, 0) is 52.7 Å². The fourth-order valence-corrected chi connectivity index (χ4v) is 3.88. The Morgan fingerprint density at radius 1 is 1.24 bits per heavy atom. The molecule has 5 nitrogen and oxygen atoms in total. The van der Waals surface area contributed by atoms with Crippen molar-refractivity contribution < 1.29 is 14.7 Å². The van der Waals surface area contributed by atoms with E-state index in [4.69, 9.17) is 0 Å². The molecule has 1 aromatic rings. The first-order valence-electron chi connectivity index (χ1n) is 7.14. The summed E-state index contributed by atoms with van der Waals surface area (Å²) >= 11 is 3.30. The number of halogens is 1. The Bertz CT molecular complexity index is 578. The second-order valence-corrected chi connectivity index (χ2v) is 6.61. The van der Waals surface area contributed by atoms with Gasteiger partial charge in [0.1, 0.15) is 0 Å². The van der Waals surface area contributed by atoms with Crippen LogP contribution in [0.5, 0.6) is 0 Å². The maximum Gasteiger partial charge on any atom is 0.337 e. The summed E-state index contributed by atoms with van der Waals surface area (Å²) in [5.41, 5.74) is 0.421. The first-order valence-corrected chi connectivity index (χ1v) is 7.93. The van der Waals surface area contributed by atoms with Crippen LogP contribution >= 0.6 is 15.9 Å². The van der Waals surface area contributed by atoms with Gasteiger partial charge in [0.05, 0.1) is 11.3 Å². The molecule has 2 N–H and O–H groups in total. The average Bonchev–Trinajstić information content (AvgIpc) is 3.01. The van der Waals surface area contributed by atoms with Crippen LogP contribution in [0, 0.1) is 11.8 Å². The monoisotopic (exact) mass is 352 g/mol. The molecule has 1 aliphatic carbocycles. The minimum absolute atomic E-state index is 0.0946. The van der Waals surface area contributed by atoms with E-state index in [2.05, 4.69) is 21.2 Å². The van der Waals surface area contributed by atoms with E-state index in [9.17, 15) is 14.7 Å². The minimum Gasteiger partial charge on any atom is -0.478 e. The summed E-state index contributed by atoms with van der Waals surface area (Å²) in [6.07, 6.45) is 3.66. The van der Waals surface area contributed by atoms with Crippen LogP contribution < -0.4 is 5.32 Å². The molecule has 21 heavy (non-hydrogen) atoms. The number of para-hydroxylation sites is 1. The number of urea groups is 1. The Morgan fingerprint density at radius 3 is 2.52 bits per heavy atom. The third kappa shape index (κ3) is 2.77. The quantitative estimate of drug-likeness (QED) is 0.856. The lowest BCUT2D eigenvalue weighted by molar-refractivity contribution is 0.0698. The molecule has 3 rings (SSSR count). The fraction of sp³-hybridized carbons (Fsp3) is 0.467. The van der Waals surface area contributed by atoms with Gasteiger partial charge in [-0.1, -0.05) is 12.5 Å². The number of rotatable bonds is 2. The predicted molar refractivity (Wildman–Crippen MR) is 82.5 cm³/mol. The number of carbonyl (C=O) groups excluding carboxylic acids is 1. The van der Waals surface area contributed by atoms with E-state index in [1.54, 1.807) is 17.0 Å². The number of amides is 2. The number of fused-ring (bicyclic) bond motifs is 1. The Morgan fingerprint density at radius 2 is 1.90 bits per heavy atom. The maximum absolute atomic E-state index is 12.4. The molecule has 112 valence electrons. The van der Waals surface area contributed by atoms with Crippen molar-refractivity contribution in [3.8, 4) is 0 Å². The average molecular weight is 353 g/mol. The predicted octanol–water partition coefficient (Wildman–Crippen LogP) is 3.41. The Kier molecular flexibility index (Phi) is 3.89. The number of hydrogen-bond acceptors (Lipinski definition) is 2. The number of likely N-dealkylation sites (tertiary alicyclic amines) is 1. The summed E-state index contributed by atoms with van der Waals surface area (Å²) in [7, 11) is 0. The summed E-state index contributed by atoms with van der Waals surface area (Å²) in [5.74, 6) is 0.188. The second-order valence-electron chi connectivity index (χ2n) is 5.75. The zero-order chi connectivity index (χ0) is 15.0. The fourth-order valence-electron chi connectivity index (χ4n) is 3.42. The molecule has 1 aliphatic heterocycles. The molecule has 0 aromatic heterocycles. The number of carbonyl (C=O) groups is 2. The van der Waals surface area contributed by atoms with Crippen molar-refractivity contribution in [3.05, 3.63) is 28.2 Å². The Labute approximate surface area is 131 Å². The van der Waals surface area contributed by atoms with Crippen LogP contribution in [0.1, 0.15) is 29.6 Å². The Balaban J connectivity index is 1.75. The number of aromatic carboxylic acids is 1. The van der Waals surface area contributed by atoms with Gasteiger partial charge in [-0.25, -0.2) is 9.59 Å². The van der Waals surface area contributed by atoms with Crippen molar-refractivity contribution in [2.24, 2.45) is 11.8 Å². The van der Waals surface area contributed by atoms with Gasteiger partial charge < -0.3 is 15.3 Å². The third-order valence-electron chi connectivity index (χ3n) is 4.49. The Hall–Kier alpha value is -1.56. The lowest BCUT2D eigenvalue weighted by atomic mass is 10.0. The number of carboxylic acid groups (broad SMARTS) is 1. The largest absolute Gasteiger partial charge is 0.478 e. The van der Waals surface area contributed by atoms with Gasteiger partial charge in [0, 0.05) is 17.6 Å². The van der Waals surface area contributed by atoms with E-state index >= 15 is 0 Å². The van der Waals surface area contributed by atoms with Crippen LogP contribution in [0.15, 0.2) is 22.7 Å². The van der Waals surface area contributed by atoms with Crippen LogP contribution in [0.2, 0.25) is 0 Å². The van der Waals surface area contributed by atoms with Gasteiger partial charge in [0.2, 0.25) is 0 Å². The standard InChI is InChI=1S/C15H17BrN2O3/c16-12-6-2-5-11(14(19)20)13(12)17-15(21)18-7-9-3-1-4-10(9)8-18/h2,5-6,9-10H,1,3-4,7-8H2,(H,17,21)(H,19,20). The molecular formula is C15H17BrN2O3. The number of nitrogens with zero attached hydrogens (tertiary/aromatic N) is 1. The van der Waals surface area contributed by atoms with Crippen molar-refractivity contribution in [1.29, 1.82) is 0 Å². The summed E-state index contributed by atoms with van der Waals surface area (Å²) in [5, 5.41) is 12.0. The van der Waals surface area contributed by atoms with Crippen molar-refractivity contribution in [3.63, 3.8) is 0 Å². The van der Waals surface area contributed by atoms with E-state index in [0.717, 1.165) is 13.1 Å². The lowest BCUT2D eigenvalue weighted by Crippen LogP contribution is -2.34. The van der Waals surface area contributed by atoms with Gasteiger partial charge in [0.25, 0.3) is 0 Å². The third-order valence-corrected chi connectivity index (χ3v) is 5.15. The molecule has 1 saturated heterocycles. The van der Waals surface area contributed by atoms with Crippen LogP contribution in [-0.4, -0.2) is 35.1 Å². The van der Waals surface area contributed by atoms with E-state index < -0.39 is 5.97 Å². The SMILES string of the molecule is O=C(O)c1cccc(Br)c1NC(=O)N1CC2CCCC2C1. The maximum atomic E-state index is 12.4. The zero-order valence-corrected chi connectivity index (χ0v) is 13.1. The summed E-state index contributed by atoms with van der Waals surface area (Å²) in [6, 6.07) is 4.64. The first-order chi connectivity index (χ1) is 10.1. The number of hydrogen-bond donors (Lipinski definition) is 2. The molecule has 2 unspecified atom stereocenters. The highest BCUT2D eigenvalue weighted by molar-refractivity contribution is 9.10. The highest BCUT2D eigenvalue weighted by Crippen LogP contribution is 2.38. The first kappa shape index (κ1) is 14.4. The highest BCUT2D eigenvalue weighted by atomic mass is 79.9. The lowest BCUT2D eigenvalue weighted by Gasteiger charge is -2.19. The topological polar surface area (TPSA) is 69.6 Å². The van der Waals surface area contributed by atoms with E-state index in [1.165, 1.54) is 25.3 Å². The molecule has 6 heteroatoms. The summed E-state index contributed by atoms with van der Waals surface area (Å²) in [4.78, 5) is 25.4. The van der Waals surface area contributed by atoms with Gasteiger partial charge in [-0.15, -0.1) is 0 Å². The normalized spacial score (nSPS) is 24.0. The van der Waals surface area contributed by atoms with Crippen LogP contribution in [0.25, 0.3) is 0 Å². The summed E-state index contributed by atoms with van der Waals surface area (Å²) < 4.78 is 0.579. The molecule has 1 heterocycles.